The van der Waals surface area contributed by atoms with Gasteiger partial charge in [0.15, 0.2) is 11.5 Å². The zero-order valence-corrected chi connectivity index (χ0v) is 10.9. The lowest BCUT2D eigenvalue weighted by molar-refractivity contribution is 0.0697. The molecular weight excluding hydrogens is 282 g/mol. The summed E-state index contributed by atoms with van der Waals surface area (Å²) in [6, 6.07) is 8.65. The van der Waals surface area contributed by atoms with Crippen LogP contribution in [-0.2, 0) is 0 Å². The van der Waals surface area contributed by atoms with Crippen molar-refractivity contribution in [2.24, 2.45) is 4.99 Å². The Morgan fingerprint density at radius 2 is 1.95 bits per heavy atom. The summed E-state index contributed by atoms with van der Waals surface area (Å²) in [5.74, 6) is -1.74. The Bertz CT molecular complexity index is 698. The number of carboxylic acids is 1. The Balaban J connectivity index is 2.34. The average molecular weight is 292 g/mol. The van der Waals surface area contributed by atoms with Crippen molar-refractivity contribution in [1.29, 1.82) is 0 Å². The number of phenols is 2. The van der Waals surface area contributed by atoms with Gasteiger partial charge in [0, 0.05) is 22.9 Å². The van der Waals surface area contributed by atoms with E-state index in [0.29, 0.717) is 5.69 Å². The number of hydrogen-bond donors (Lipinski definition) is 3. The second-order valence-corrected chi connectivity index (χ2v) is 4.41. The molecule has 3 N–H and O–H groups in total. The van der Waals surface area contributed by atoms with Crippen LogP contribution in [0.25, 0.3) is 0 Å². The van der Waals surface area contributed by atoms with Crippen LogP contribution in [0.2, 0.25) is 5.02 Å². The quantitative estimate of drug-likeness (QED) is 0.598. The summed E-state index contributed by atoms with van der Waals surface area (Å²) in [7, 11) is 0. The van der Waals surface area contributed by atoms with Gasteiger partial charge >= 0.3 is 5.97 Å². The van der Waals surface area contributed by atoms with Gasteiger partial charge in [0.05, 0.1) is 11.3 Å². The summed E-state index contributed by atoms with van der Waals surface area (Å²) in [6.45, 7) is 0. The molecule has 102 valence electrons. The monoisotopic (exact) mass is 291 g/mol. The summed E-state index contributed by atoms with van der Waals surface area (Å²) in [5, 5.41) is 28.2. The molecule has 0 amide bonds. The molecular formula is C14H10ClNO4. The molecule has 6 heteroatoms. The van der Waals surface area contributed by atoms with Crippen LogP contribution in [0.15, 0.2) is 41.4 Å². The first kappa shape index (κ1) is 13.9. The van der Waals surface area contributed by atoms with E-state index < -0.39 is 5.97 Å². The zero-order valence-electron chi connectivity index (χ0n) is 10.1. The molecule has 0 unspecified atom stereocenters. The summed E-state index contributed by atoms with van der Waals surface area (Å²) in [6.07, 6.45) is 1.29. The zero-order chi connectivity index (χ0) is 14.7. The number of benzene rings is 2. The van der Waals surface area contributed by atoms with Crippen LogP contribution in [0.5, 0.6) is 11.5 Å². The number of aliphatic imine (C=N–C) groups is 1. The molecule has 20 heavy (non-hydrogen) atoms. The van der Waals surface area contributed by atoms with Crippen molar-refractivity contribution < 1.29 is 20.1 Å². The smallest absolute Gasteiger partial charge is 0.335 e. The lowest BCUT2D eigenvalue weighted by atomic mass is 10.2. The maximum atomic E-state index is 10.8. The number of halogens is 1. The first-order valence-corrected chi connectivity index (χ1v) is 5.94. The standard InChI is InChI=1S/C14H10ClNO4/c15-10-4-9(13(18)12(17)6-10)7-16-11-3-1-2-8(5-11)14(19)20/h1-7,17-18H,(H,19,20). The van der Waals surface area contributed by atoms with Crippen LogP contribution in [-0.4, -0.2) is 27.5 Å². The second kappa shape index (κ2) is 5.63. The topological polar surface area (TPSA) is 90.1 Å². The van der Waals surface area contributed by atoms with E-state index in [1.807, 2.05) is 0 Å². The molecule has 0 atom stereocenters. The van der Waals surface area contributed by atoms with E-state index in [9.17, 15) is 15.0 Å². The molecule has 0 bridgehead atoms. The molecule has 0 fully saturated rings. The summed E-state index contributed by atoms with van der Waals surface area (Å²) < 4.78 is 0. The summed E-state index contributed by atoms with van der Waals surface area (Å²) in [5.41, 5.74) is 0.748. The van der Waals surface area contributed by atoms with Crippen LogP contribution in [0.3, 0.4) is 0 Å². The number of carbonyl (C=O) groups is 1. The van der Waals surface area contributed by atoms with Crippen molar-refractivity contribution in [2.45, 2.75) is 0 Å². The molecule has 0 heterocycles. The van der Waals surface area contributed by atoms with E-state index in [0.717, 1.165) is 0 Å². The fraction of sp³-hybridized carbons (Fsp3) is 0. The molecule has 0 saturated carbocycles. The van der Waals surface area contributed by atoms with Gasteiger partial charge in [-0.3, -0.25) is 4.99 Å². The molecule has 2 rings (SSSR count). The molecule has 0 spiro atoms. The highest BCUT2D eigenvalue weighted by Gasteiger charge is 2.07. The van der Waals surface area contributed by atoms with Gasteiger partial charge in [-0.25, -0.2) is 4.79 Å². The molecule has 0 aliphatic carbocycles. The number of aromatic hydroxyl groups is 2. The van der Waals surface area contributed by atoms with E-state index in [-0.39, 0.29) is 27.6 Å². The maximum Gasteiger partial charge on any atom is 0.335 e. The summed E-state index contributed by atoms with van der Waals surface area (Å²) >= 11 is 5.76. The van der Waals surface area contributed by atoms with Gasteiger partial charge in [0.1, 0.15) is 0 Å². The van der Waals surface area contributed by atoms with E-state index in [2.05, 4.69) is 4.99 Å². The minimum atomic E-state index is -1.05. The Labute approximate surface area is 119 Å². The largest absolute Gasteiger partial charge is 0.504 e. The van der Waals surface area contributed by atoms with Crippen molar-refractivity contribution >= 4 is 29.5 Å². The number of hydrogen-bond acceptors (Lipinski definition) is 4. The number of aromatic carboxylic acids is 1. The lowest BCUT2D eigenvalue weighted by Crippen LogP contribution is -1.94. The fourth-order valence-corrected chi connectivity index (χ4v) is 1.79. The average Bonchev–Trinajstić information content (AvgIpc) is 2.41. The molecule has 2 aromatic rings. The number of carboxylic acid groups (broad SMARTS) is 1. The number of nitrogens with zero attached hydrogens (tertiary/aromatic N) is 1. The molecule has 0 aromatic heterocycles. The highest BCUT2D eigenvalue weighted by Crippen LogP contribution is 2.31. The Kier molecular flexibility index (Phi) is 3.91. The first-order valence-electron chi connectivity index (χ1n) is 5.56. The molecule has 2 aromatic carbocycles. The normalized spacial score (nSPS) is 10.8. The second-order valence-electron chi connectivity index (χ2n) is 3.98. The van der Waals surface area contributed by atoms with Gasteiger partial charge in [-0.2, -0.15) is 0 Å². The van der Waals surface area contributed by atoms with Crippen molar-refractivity contribution in [3.05, 3.63) is 52.5 Å². The van der Waals surface area contributed by atoms with Gasteiger partial charge in [0.2, 0.25) is 0 Å². The third kappa shape index (κ3) is 3.07. The number of rotatable bonds is 3. The molecule has 0 aliphatic rings. The van der Waals surface area contributed by atoms with Crippen molar-refractivity contribution in [1.82, 2.24) is 0 Å². The van der Waals surface area contributed by atoms with Crippen LogP contribution < -0.4 is 0 Å². The van der Waals surface area contributed by atoms with E-state index in [1.165, 1.54) is 30.5 Å². The molecule has 5 nitrogen and oxygen atoms in total. The van der Waals surface area contributed by atoms with Gasteiger partial charge < -0.3 is 15.3 Å². The minimum Gasteiger partial charge on any atom is -0.504 e. The molecule has 0 saturated heterocycles. The van der Waals surface area contributed by atoms with Crippen LogP contribution in [0.4, 0.5) is 5.69 Å². The van der Waals surface area contributed by atoms with Crippen molar-refractivity contribution in [2.75, 3.05) is 0 Å². The first-order chi connectivity index (χ1) is 9.47. The van der Waals surface area contributed by atoms with Crippen LogP contribution >= 0.6 is 11.6 Å². The molecule has 0 radical (unpaired) electrons. The highest BCUT2D eigenvalue weighted by atomic mass is 35.5. The van der Waals surface area contributed by atoms with Gasteiger partial charge in [0.25, 0.3) is 0 Å². The minimum absolute atomic E-state index is 0.109. The lowest BCUT2D eigenvalue weighted by Gasteiger charge is -2.02. The Hall–Kier alpha value is -2.53. The van der Waals surface area contributed by atoms with Crippen molar-refractivity contribution in [3.63, 3.8) is 0 Å². The van der Waals surface area contributed by atoms with E-state index in [1.54, 1.807) is 12.1 Å². The van der Waals surface area contributed by atoms with Crippen LogP contribution in [0.1, 0.15) is 15.9 Å². The third-order valence-corrected chi connectivity index (χ3v) is 2.75. The van der Waals surface area contributed by atoms with Gasteiger partial charge in [-0.1, -0.05) is 17.7 Å². The predicted octanol–water partition coefficient (Wildman–Crippen LogP) is 3.20. The van der Waals surface area contributed by atoms with E-state index in [4.69, 9.17) is 16.7 Å². The predicted molar refractivity (Wildman–Crippen MR) is 75.4 cm³/mol. The summed E-state index contributed by atoms with van der Waals surface area (Å²) in [4.78, 5) is 14.9. The third-order valence-electron chi connectivity index (χ3n) is 2.53. The fourth-order valence-electron chi connectivity index (χ4n) is 1.57. The molecule has 0 aliphatic heterocycles. The maximum absolute atomic E-state index is 10.8. The van der Waals surface area contributed by atoms with Crippen molar-refractivity contribution in [3.8, 4) is 11.5 Å². The Morgan fingerprint density at radius 1 is 1.20 bits per heavy atom. The van der Waals surface area contributed by atoms with Crippen LogP contribution in [0, 0.1) is 0 Å². The van der Waals surface area contributed by atoms with Gasteiger partial charge in [-0.05, 0) is 24.3 Å². The Morgan fingerprint density at radius 3 is 2.65 bits per heavy atom. The van der Waals surface area contributed by atoms with Gasteiger partial charge in [-0.15, -0.1) is 0 Å². The number of phenolic OH excluding ortho intramolecular Hbond substituents is 2. The van der Waals surface area contributed by atoms with E-state index >= 15 is 0 Å². The highest BCUT2D eigenvalue weighted by molar-refractivity contribution is 6.31. The SMILES string of the molecule is O=C(O)c1cccc(N=Cc2cc(Cl)cc(O)c2O)c1.